The van der Waals surface area contributed by atoms with Crippen molar-refractivity contribution in [1.29, 1.82) is 0 Å². The number of H-pyrrole nitrogens is 1. The molecule has 1 aliphatic rings. The third-order valence-electron chi connectivity index (χ3n) is 3.47. The van der Waals surface area contributed by atoms with Crippen LogP contribution in [0.1, 0.15) is 19.4 Å². The minimum Gasteiger partial charge on any atom is -0.396 e. The number of aliphatic hydroxyl groups is 1. The number of hydrogen-bond acceptors (Lipinski definition) is 5. The van der Waals surface area contributed by atoms with Crippen molar-refractivity contribution in [1.82, 2.24) is 19.5 Å². The summed E-state index contributed by atoms with van der Waals surface area (Å²) >= 11 is 0. The van der Waals surface area contributed by atoms with Crippen LogP contribution < -0.4 is 10.9 Å². The molecule has 2 atom stereocenters. The highest BCUT2D eigenvalue weighted by Gasteiger charge is 2.22. The molecule has 1 amide bonds. The van der Waals surface area contributed by atoms with Crippen molar-refractivity contribution in [2.75, 3.05) is 11.9 Å². The summed E-state index contributed by atoms with van der Waals surface area (Å²) in [6.45, 7) is 1.43. The second-order valence-electron chi connectivity index (χ2n) is 5.05. The molecule has 110 valence electrons. The van der Waals surface area contributed by atoms with Crippen molar-refractivity contribution < 1.29 is 9.90 Å². The average molecular weight is 289 g/mol. The van der Waals surface area contributed by atoms with Gasteiger partial charge in [-0.2, -0.15) is 4.98 Å². The van der Waals surface area contributed by atoms with Crippen LogP contribution in [-0.4, -0.2) is 37.1 Å². The lowest BCUT2D eigenvalue weighted by atomic mass is 10.1. The Morgan fingerprint density at radius 3 is 3.05 bits per heavy atom. The number of nitrogens with one attached hydrogen (secondary N) is 2. The number of amides is 1. The monoisotopic (exact) mass is 289 g/mol. The highest BCUT2D eigenvalue weighted by Crippen LogP contribution is 2.29. The van der Waals surface area contributed by atoms with Crippen LogP contribution in [0, 0.1) is 5.92 Å². The summed E-state index contributed by atoms with van der Waals surface area (Å²) in [6, 6.07) is -0.00775. The van der Waals surface area contributed by atoms with E-state index in [4.69, 9.17) is 0 Å². The summed E-state index contributed by atoms with van der Waals surface area (Å²) in [7, 11) is 0. The molecular formula is C13H15N5O3. The second-order valence-corrected chi connectivity index (χ2v) is 5.05. The van der Waals surface area contributed by atoms with Crippen LogP contribution in [0.3, 0.4) is 0 Å². The van der Waals surface area contributed by atoms with E-state index in [1.54, 1.807) is 10.9 Å². The first kappa shape index (κ1) is 13.5. The number of aromatic nitrogens is 4. The molecule has 1 unspecified atom stereocenters. The van der Waals surface area contributed by atoms with Gasteiger partial charge in [-0.3, -0.25) is 19.9 Å². The summed E-state index contributed by atoms with van der Waals surface area (Å²) in [6.07, 6.45) is 6.19. The normalized spacial score (nSPS) is 21.0. The maximum absolute atomic E-state index is 11.9. The summed E-state index contributed by atoms with van der Waals surface area (Å²) < 4.78 is 1.78. The van der Waals surface area contributed by atoms with E-state index in [0.717, 1.165) is 6.42 Å². The van der Waals surface area contributed by atoms with E-state index in [-0.39, 0.29) is 35.9 Å². The lowest BCUT2D eigenvalue weighted by Gasteiger charge is -2.12. The van der Waals surface area contributed by atoms with Gasteiger partial charge in [0.15, 0.2) is 11.2 Å². The average Bonchev–Trinajstić information content (AvgIpc) is 3.03. The van der Waals surface area contributed by atoms with Gasteiger partial charge in [-0.05, 0) is 6.42 Å². The molecule has 0 aromatic carbocycles. The first-order valence-corrected chi connectivity index (χ1v) is 6.62. The molecule has 1 aliphatic carbocycles. The Morgan fingerprint density at radius 1 is 1.57 bits per heavy atom. The summed E-state index contributed by atoms with van der Waals surface area (Å²) in [5, 5.41) is 11.6. The molecule has 2 aromatic rings. The van der Waals surface area contributed by atoms with Crippen molar-refractivity contribution in [3.8, 4) is 0 Å². The van der Waals surface area contributed by atoms with Crippen molar-refractivity contribution >= 4 is 23.0 Å². The van der Waals surface area contributed by atoms with Gasteiger partial charge in [-0.25, -0.2) is 4.98 Å². The molecule has 8 nitrogen and oxygen atoms in total. The van der Waals surface area contributed by atoms with Crippen molar-refractivity contribution in [2.45, 2.75) is 19.4 Å². The van der Waals surface area contributed by atoms with Gasteiger partial charge in [0.25, 0.3) is 5.56 Å². The van der Waals surface area contributed by atoms with E-state index in [2.05, 4.69) is 20.3 Å². The lowest BCUT2D eigenvalue weighted by molar-refractivity contribution is -0.114. The summed E-state index contributed by atoms with van der Waals surface area (Å²) in [5.74, 6) is -0.114. The zero-order valence-electron chi connectivity index (χ0n) is 11.4. The number of aliphatic hydroxyl groups excluding tert-OH is 1. The van der Waals surface area contributed by atoms with E-state index in [1.165, 1.54) is 6.92 Å². The molecule has 3 N–H and O–H groups in total. The van der Waals surface area contributed by atoms with Gasteiger partial charge in [-0.15, -0.1) is 0 Å². The van der Waals surface area contributed by atoms with Crippen LogP contribution >= 0.6 is 0 Å². The van der Waals surface area contributed by atoms with Crippen LogP contribution in [0.4, 0.5) is 5.95 Å². The lowest BCUT2D eigenvalue weighted by Crippen LogP contribution is -2.17. The minimum atomic E-state index is -0.400. The van der Waals surface area contributed by atoms with Gasteiger partial charge in [0.2, 0.25) is 11.9 Å². The fraction of sp³-hybridized carbons (Fsp3) is 0.385. The topological polar surface area (TPSA) is 113 Å². The maximum Gasteiger partial charge on any atom is 0.280 e. The number of carbonyl (C=O) groups is 1. The molecular weight excluding hydrogens is 274 g/mol. The molecule has 21 heavy (non-hydrogen) atoms. The number of aromatic amines is 1. The Balaban J connectivity index is 2.04. The Kier molecular flexibility index (Phi) is 3.30. The molecule has 0 saturated carbocycles. The number of hydrogen-bond donors (Lipinski definition) is 3. The number of imidazole rings is 1. The Hall–Kier alpha value is -2.48. The number of fused-ring (bicyclic) bond motifs is 1. The van der Waals surface area contributed by atoms with E-state index < -0.39 is 5.56 Å². The number of anilines is 1. The zero-order valence-corrected chi connectivity index (χ0v) is 11.4. The molecule has 0 saturated heterocycles. The van der Waals surface area contributed by atoms with E-state index >= 15 is 0 Å². The molecule has 8 heteroatoms. The van der Waals surface area contributed by atoms with Gasteiger partial charge in [-0.1, -0.05) is 12.2 Å². The Morgan fingerprint density at radius 2 is 2.38 bits per heavy atom. The highest BCUT2D eigenvalue weighted by molar-refractivity contribution is 5.87. The van der Waals surface area contributed by atoms with Gasteiger partial charge in [0.1, 0.15) is 0 Å². The zero-order chi connectivity index (χ0) is 15.0. The minimum absolute atomic E-state index is 0.00775. The third kappa shape index (κ3) is 2.45. The van der Waals surface area contributed by atoms with Gasteiger partial charge >= 0.3 is 0 Å². The standard InChI is InChI=1S/C13H15N5O3/c1-7(20)15-13-16-11-10(12(21)17-13)14-6-18(11)9-3-2-8(4-9)5-19/h2-3,6,8-9,19H,4-5H2,1H3,(H2,15,16,17,20,21)/t8?,9-/m0/s1. The fourth-order valence-corrected chi connectivity index (χ4v) is 2.49. The van der Waals surface area contributed by atoms with Crippen molar-refractivity contribution in [2.24, 2.45) is 5.92 Å². The Bertz CT molecular complexity index is 776. The summed E-state index contributed by atoms with van der Waals surface area (Å²) in [4.78, 5) is 33.8. The molecule has 0 fully saturated rings. The third-order valence-corrected chi connectivity index (χ3v) is 3.47. The molecule has 0 spiro atoms. The SMILES string of the molecule is CC(=O)Nc1nc2c(ncn2[C@H]2C=CC(CO)C2)c(=O)[nH]1. The predicted octanol–water partition coefficient (Wildman–Crippen LogP) is 0.187. The molecule has 3 rings (SSSR count). The summed E-state index contributed by atoms with van der Waals surface area (Å²) in [5.41, 5.74) is 0.240. The van der Waals surface area contributed by atoms with E-state index in [1.807, 2.05) is 12.2 Å². The molecule has 0 bridgehead atoms. The molecule has 2 heterocycles. The van der Waals surface area contributed by atoms with Crippen LogP contribution in [0.15, 0.2) is 23.3 Å². The van der Waals surface area contributed by atoms with Crippen LogP contribution in [0.2, 0.25) is 0 Å². The Labute approximate surface area is 119 Å². The first-order chi connectivity index (χ1) is 10.1. The van der Waals surface area contributed by atoms with E-state index in [9.17, 15) is 14.7 Å². The van der Waals surface area contributed by atoms with E-state index in [0.29, 0.717) is 5.65 Å². The quantitative estimate of drug-likeness (QED) is 0.698. The van der Waals surface area contributed by atoms with Crippen molar-refractivity contribution in [3.63, 3.8) is 0 Å². The first-order valence-electron chi connectivity index (χ1n) is 6.62. The number of allylic oxidation sites excluding steroid dienone is 1. The van der Waals surface area contributed by atoms with Crippen molar-refractivity contribution in [3.05, 3.63) is 28.8 Å². The van der Waals surface area contributed by atoms with Crippen LogP contribution in [0.25, 0.3) is 11.2 Å². The maximum atomic E-state index is 11.9. The van der Waals surface area contributed by atoms with Crippen LogP contribution in [-0.2, 0) is 4.79 Å². The molecule has 0 radical (unpaired) electrons. The van der Waals surface area contributed by atoms with Gasteiger partial charge in [0, 0.05) is 19.4 Å². The van der Waals surface area contributed by atoms with Gasteiger partial charge in [0.05, 0.1) is 12.4 Å². The number of nitrogens with zero attached hydrogens (tertiary/aromatic N) is 3. The predicted molar refractivity (Wildman–Crippen MR) is 75.8 cm³/mol. The number of carbonyl (C=O) groups excluding carboxylic acids is 1. The van der Waals surface area contributed by atoms with Gasteiger partial charge < -0.3 is 9.67 Å². The fourth-order valence-electron chi connectivity index (χ4n) is 2.49. The second kappa shape index (κ2) is 5.13. The smallest absolute Gasteiger partial charge is 0.280 e. The largest absolute Gasteiger partial charge is 0.396 e. The molecule has 0 aliphatic heterocycles. The highest BCUT2D eigenvalue weighted by atomic mass is 16.3. The van der Waals surface area contributed by atoms with Crippen LogP contribution in [0.5, 0.6) is 0 Å². The molecule has 2 aromatic heterocycles. The number of rotatable bonds is 3.